The SMILES string of the molecule is CNc1nc(C)c([N+](=O)[O-])c(NCC2CCOC2)n1. The molecule has 1 fully saturated rings. The second-order valence-corrected chi connectivity index (χ2v) is 4.45. The summed E-state index contributed by atoms with van der Waals surface area (Å²) < 4.78 is 5.27. The van der Waals surface area contributed by atoms with Crippen LogP contribution < -0.4 is 10.6 Å². The highest BCUT2D eigenvalue weighted by Gasteiger charge is 2.23. The van der Waals surface area contributed by atoms with E-state index in [2.05, 4.69) is 20.6 Å². The van der Waals surface area contributed by atoms with Crippen LogP contribution in [0.1, 0.15) is 12.1 Å². The number of nitro groups is 1. The first-order valence-corrected chi connectivity index (χ1v) is 6.14. The van der Waals surface area contributed by atoms with Gasteiger partial charge in [0.2, 0.25) is 11.8 Å². The number of ether oxygens (including phenoxy) is 1. The highest BCUT2D eigenvalue weighted by Crippen LogP contribution is 2.27. The van der Waals surface area contributed by atoms with Crippen molar-refractivity contribution in [2.24, 2.45) is 5.92 Å². The molecule has 0 amide bonds. The first-order valence-electron chi connectivity index (χ1n) is 6.14. The summed E-state index contributed by atoms with van der Waals surface area (Å²) >= 11 is 0. The maximum atomic E-state index is 11.1. The predicted octanol–water partition coefficient (Wildman–Crippen LogP) is 1.18. The zero-order valence-corrected chi connectivity index (χ0v) is 11.0. The Balaban J connectivity index is 2.20. The summed E-state index contributed by atoms with van der Waals surface area (Å²) in [5.74, 6) is 0.995. The van der Waals surface area contributed by atoms with Crippen LogP contribution in [0.15, 0.2) is 0 Å². The van der Waals surface area contributed by atoms with Gasteiger partial charge < -0.3 is 15.4 Å². The van der Waals surface area contributed by atoms with Gasteiger partial charge in [-0.2, -0.15) is 4.98 Å². The maximum Gasteiger partial charge on any atom is 0.332 e. The second-order valence-electron chi connectivity index (χ2n) is 4.45. The van der Waals surface area contributed by atoms with Crippen LogP contribution in [0.25, 0.3) is 0 Å². The monoisotopic (exact) mass is 267 g/mol. The van der Waals surface area contributed by atoms with E-state index < -0.39 is 4.92 Å². The molecule has 1 aliphatic rings. The molecule has 2 N–H and O–H groups in total. The van der Waals surface area contributed by atoms with Crippen molar-refractivity contribution in [1.82, 2.24) is 9.97 Å². The molecule has 1 aromatic rings. The summed E-state index contributed by atoms with van der Waals surface area (Å²) in [6.45, 7) is 3.65. The zero-order chi connectivity index (χ0) is 13.8. The largest absolute Gasteiger partial charge is 0.381 e. The van der Waals surface area contributed by atoms with Gasteiger partial charge in [-0.15, -0.1) is 0 Å². The van der Waals surface area contributed by atoms with Crippen molar-refractivity contribution in [2.45, 2.75) is 13.3 Å². The van der Waals surface area contributed by atoms with E-state index >= 15 is 0 Å². The Kier molecular flexibility index (Phi) is 4.10. The van der Waals surface area contributed by atoms with Gasteiger partial charge in [0.15, 0.2) is 0 Å². The Morgan fingerprint density at radius 3 is 2.89 bits per heavy atom. The number of hydrogen-bond acceptors (Lipinski definition) is 7. The Bertz CT molecular complexity index is 474. The quantitative estimate of drug-likeness (QED) is 0.610. The smallest absolute Gasteiger partial charge is 0.332 e. The number of aryl methyl sites for hydroxylation is 1. The van der Waals surface area contributed by atoms with Crippen molar-refractivity contribution >= 4 is 17.5 Å². The molecule has 1 unspecified atom stereocenters. The molecule has 1 atom stereocenters. The minimum Gasteiger partial charge on any atom is -0.381 e. The highest BCUT2D eigenvalue weighted by atomic mass is 16.6. The lowest BCUT2D eigenvalue weighted by molar-refractivity contribution is -0.385. The molecule has 1 aromatic heterocycles. The molecule has 0 saturated carbocycles. The van der Waals surface area contributed by atoms with Gasteiger partial charge in [-0.1, -0.05) is 0 Å². The van der Waals surface area contributed by atoms with Gasteiger partial charge in [-0.25, -0.2) is 4.98 Å². The van der Waals surface area contributed by atoms with E-state index in [4.69, 9.17) is 4.74 Å². The number of nitrogens with zero attached hydrogens (tertiary/aromatic N) is 3. The normalized spacial score (nSPS) is 18.3. The molecule has 0 spiro atoms. The molecular weight excluding hydrogens is 250 g/mol. The van der Waals surface area contributed by atoms with Crippen molar-refractivity contribution in [2.75, 3.05) is 37.4 Å². The van der Waals surface area contributed by atoms with Gasteiger partial charge in [0.25, 0.3) is 0 Å². The second kappa shape index (κ2) is 5.79. The number of aromatic nitrogens is 2. The Morgan fingerprint density at radius 1 is 1.53 bits per heavy atom. The average Bonchev–Trinajstić information content (AvgIpc) is 2.88. The summed E-state index contributed by atoms with van der Waals surface area (Å²) in [7, 11) is 1.68. The lowest BCUT2D eigenvalue weighted by Crippen LogP contribution is -2.17. The molecule has 19 heavy (non-hydrogen) atoms. The van der Waals surface area contributed by atoms with Crippen LogP contribution in [-0.4, -0.2) is 41.7 Å². The highest BCUT2D eigenvalue weighted by molar-refractivity contribution is 5.60. The third-order valence-electron chi connectivity index (χ3n) is 3.05. The Hall–Kier alpha value is -1.96. The van der Waals surface area contributed by atoms with Gasteiger partial charge in [-0.3, -0.25) is 10.1 Å². The van der Waals surface area contributed by atoms with Crippen LogP contribution in [0.5, 0.6) is 0 Å². The van der Waals surface area contributed by atoms with Crippen LogP contribution in [-0.2, 0) is 4.74 Å². The van der Waals surface area contributed by atoms with Gasteiger partial charge in [0.1, 0.15) is 5.69 Å². The lowest BCUT2D eigenvalue weighted by Gasteiger charge is -2.12. The first-order chi connectivity index (χ1) is 9.11. The van der Waals surface area contributed by atoms with Gasteiger partial charge in [-0.05, 0) is 13.3 Å². The van der Waals surface area contributed by atoms with Crippen molar-refractivity contribution < 1.29 is 9.66 Å². The number of nitrogens with one attached hydrogen (secondary N) is 2. The number of hydrogen-bond donors (Lipinski definition) is 2. The summed E-state index contributed by atoms with van der Waals surface area (Å²) in [5, 5.41) is 16.9. The van der Waals surface area contributed by atoms with Crippen LogP contribution >= 0.6 is 0 Å². The molecule has 2 rings (SSSR count). The third kappa shape index (κ3) is 3.08. The molecule has 0 radical (unpaired) electrons. The van der Waals surface area contributed by atoms with Crippen LogP contribution in [0.2, 0.25) is 0 Å². The van der Waals surface area contributed by atoms with Gasteiger partial charge >= 0.3 is 5.69 Å². The van der Waals surface area contributed by atoms with E-state index in [1.807, 2.05) is 0 Å². The molecule has 8 nitrogen and oxygen atoms in total. The third-order valence-corrected chi connectivity index (χ3v) is 3.05. The van der Waals surface area contributed by atoms with Crippen LogP contribution in [0.3, 0.4) is 0 Å². The molecule has 104 valence electrons. The zero-order valence-electron chi connectivity index (χ0n) is 11.0. The van der Waals surface area contributed by atoms with Crippen LogP contribution in [0.4, 0.5) is 17.5 Å². The van der Waals surface area contributed by atoms with E-state index in [0.29, 0.717) is 30.7 Å². The fraction of sp³-hybridized carbons (Fsp3) is 0.636. The molecule has 0 aromatic carbocycles. The van der Waals surface area contributed by atoms with Gasteiger partial charge in [0.05, 0.1) is 11.5 Å². The van der Waals surface area contributed by atoms with Crippen molar-refractivity contribution in [3.8, 4) is 0 Å². The molecule has 1 aliphatic heterocycles. The Morgan fingerprint density at radius 2 is 2.32 bits per heavy atom. The van der Waals surface area contributed by atoms with E-state index in [1.165, 1.54) is 0 Å². The Labute approximate surface area is 110 Å². The topological polar surface area (TPSA) is 102 Å². The number of anilines is 2. The summed E-state index contributed by atoms with van der Waals surface area (Å²) in [4.78, 5) is 18.8. The summed E-state index contributed by atoms with van der Waals surface area (Å²) in [5.41, 5.74) is 0.271. The average molecular weight is 267 g/mol. The number of rotatable bonds is 5. The fourth-order valence-electron chi connectivity index (χ4n) is 2.01. The van der Waals surface area contributed by atoms with Crippen molar-refractivity contribution in [3.63, 3.8) is 0 Å². The van der Waals surface area contributed by atoms with E-state index in [1.54, 1.807) is 14.0 Å². The van der Waals surface area contributed by atoms with E-state index in [9.17, 15) is 10.1 Å². The molecule has 2 heterocycles. The van der Waals surface area contributed by atoms with Crippen LogP contribution in [0, 0.1) is 23.0 Å². The molecule has 8 heteroatoms. The minimum atomic E-state index is -0.456. The lowest BCUT2D eigenvalue weighted by atomic mass is 10.1. The summed E-state index contributed by atoms with van der Waals surface area (Å²) in [6, 6.07) is 0. The molecule has 0 bridgehead atoms. The van der Waals surface area contributed by atoms with Crippen molar-refractivity contribution in [1.29, 1.82) is 0 Å². The maximum absolute atomic E-state index is 11.1. The van der Waals surface area contributed by atoms with E-state index in [-0.39, 0.29) is 11.5 Å². The molecule has 0 aliphatic carbocycles. The van der Waals surface area contributed by atoms with Gasteiger partial charge in [0, 0.05) is 26.1 Å². The molecular formula is C11H17N5O3. The minimum absolute atomic E-state index is 0.0714. The fourth-order valence-corrected chi connectivity index (χ4v) is 2.01. The predicted molar refractivity (Wildman–Crippen MR) is 70.4 cm³/mol. The standard InChI is InChI=1S/C11H17N5O3/c1-7-9(16(17)18)10(15-11(12-2)14-7)13-5-8-3-4-19-6-8/h8H,3-6H2,1-2H3,(H2,12,13,14,15). The summed E-state index contributed by atoms with van der Waals surface area (Å²) in [6.07, 6.45) is 0.962. The first kappa shape index (κ1) is 13.5. The van der Waals surface area contributed by atoms with E-state index in [0.717, 1.165) is 13.0 Å². The molecule has 1 saturated heterocycles. The van der Waals surface area contributed by atoms with Crippen molar-refractivity contribution in [3.05, 3.63) is 15.8 Å².